The minimum Gasteiger partial charge on any atom is -0.383 e. The molecular formula is C35H30FN11. The zero-order valence-corrected chi connectivity index (χ0v) is 25.5. The van der Waals surface area contributed by atoms with Crippen molar-refractivity contribution < 1.29 is 4.39 Å². The fraction of sp³-hybridized carbons (Fsp3) is 0.229. The molecule has 0 amide bonds. The van der Waals surface area contributed by atoms with E-state index < -0.39 is 5.82 Å². The lowest BCUT2D eigenvalue weighted by molar-refractivity contribution is -0.0240. The normalized spacial score (nSPS) is 15.9. The van der Waals surface area contributed by atoms with Crippen LogP contribution < -0.4 is 10.6 Å². The van der Waals surface area contributed by atoms with Gasteiger partial charge in [0.05, 0.1) is 34.9 Å². The van der Waals surface area contributed by atoms with Crippen LogP contribution in [0, 0.1) is 22.6 Å². The third-order valence-corrected chi connectivity index (χ3v) is 9.22. The molecular weight excluding hydrogens is 593 g/mol. The SMILES string of the molecule is N#Cc1nccc(N2CCC3(CC2)CN(Cc2ccc(-n4c(-c5cccnc5N)nc5cnc(-c6ccc(F)cn6)cc54)cc2)C3)n1. The Bertz CT molecular complexity index is 2120. The molecule has 2 N–H and O–H groups in total. The van der Waals surface area contributed by atoms with Gasteiger partial charge in [-0.15, -0.1) is 0 Å². The van der Waals surface area contributed by atoms with Crippen molar-refractivity contribution in [2.75, 3.05) is 36.8 Å². The third kappa shape index (κ3) is 5.40. The van der Waals surface area contributed by atoms with Crippen molar-refractivity contribution in [3.05, 3.63) is 103 Å². The van der Waals surface area contributed by atoms with Gasteiger partial charge in [0.25, 0.3) is 0 Å². The fourth-order valence-electron chi connectivity index (χ4n) is 6.83. The Hall–Kier alpha value is -5.80. The molecule has 11 nitrogen and oxygen atoms in total. The lowest BCUT2D eigenvalue weighted by Crippen LogP contribution is -2.59. The van der Waals surface area contributed by atoms with Gasteiger partial charge >= 0.3 is 0 Å². The number of nitrogens with zero attached hydrogens (tertiary/aromatic N) is 10. The fourth-order valence-corrected chi connectivity index (χ4v) is 6.83. The molecule has 2 saturated heterocycles. The second-order valence-electron chi connectivity index (χ2n) is 12.3. The smallest absolute Gasteiger partial charge is 0.234 e. The van der Waals surface area contributed by atoms with E-state index in [-0.39, 0.29) is 5.82 Å². The molecule has 1 spiro atoms. The van der Waals surface area contributed by atoms with Gasteiger partial charge < -0.3 is 10.6 Å². The van der Waals surface area contributed by atoms with Gasteiger partial charge in [0.1, 0.15) is 34.9 Å². The number of fused-ring (bicyclic) bond motifs is 1. The number of rotatable bonds is 6. The molecule has 0 saturated carbocycles. The average molecular weight is 624 g/mol. The van der Waals surface area contributed by atoms with Gasteiger partial charge in [-0.2, -0.15) is 5.26 Å². The second-order valence-corrected chi connectivity index (χ2v) is 12.3. The minimum atomic E-state index is -0.400. The number of hydrogen-bond donors (Lipinski definition) is 1. The van der Waals surface area contributed by atoms with Gasteiger partial charge in [0, 0.05) is 50.8 Å². The monoisotopic (exact) mass is 623 g/mol. The van der Waals surface area contributed by atoms with E-state index in [2.05, 4.69) is 63.6 Å². The summed E-state index contributed by atoms with van der Waals surface area (Å²) < 4.78 is 15.6. The minimum absolute atomic E-state index is 0.214. The van der Waals surface area contributed by atoms with Gasteiger partial charge in [-0.05, 0) is 72.4 Å². The maximum atomic E-state index is 13.6. The lowest BCUT2D eigenvalue weighted by atomic mass is 9.72. The van der Waals surface area contributed by atoms with Crippen molar-refractivity contribution in [1.82, 2.24) is 39.4 Å². The predicted molar refractivity (Wildman–Crippen MR) is 176 cm³/mol. The Morgan fingerprint density at radius 3 is 2.43 bits per heavy atom. The second kappa shape index (κ2) is 11.5. The van der Waals surface area contributed by atoms with E-state index in [9.17, 15) is 4.39 Å². The van der Waals surface area contributed by atoms with Crippen molar-refractivity contribution in [1.29, 1.82) is 5.26 Å². The summed E-state index contributed by atoms with van der Waals surface area (Å²) in [5.74, 6) is 1.69. The first kappa shape index (κ1) is 28.7. The molecule has 7 heterocycles. The highest BCUT2D eigenvalue weighted by Crippen LogP contribution is 2.42. The van der Waals surface area contributed by atoms with Crippen LogP contribution in [0.15, 0.2) is 85.5 Å². The molecule has 1 aromatic carbocycles. The van der Waals surface area contributed by atoms with Crippen LogP contribution in [0.4, 0.5) is 16.0 Å². The van der Waals surface area contributed by atoms with E-state index in [0.717, 1.165) is 68.2 Å². The molecule has 5 aromatic heterocycles. The highest BCUT2D eigenvalue weighted by molar-refractivity contribution is 5.87. The highest BCUT2D eigenvalue weighted by Gasteiger charge is 2.44. The first-order valence-electron chi connectivity index (χ1n) is 15.5. The zero-order valence-electron chi connectivity index (χ0n) is 25.5. The summed E-state index contributed by atoms with van der Waals surface area (Å²) >= 11 is 0. The number of nitrogen functional groups attached to an aromatic ring is 1. The summed E-state index contributed by atoms with van der Waals surface area (Å²) in [4.78, 5) is 31.1. The molecule has 0 aliphatic carbocycles. The van der Waals surface area contributed by atoms with Crippen LogP contribution in [0.1, 0.15) is 24.2 Å². The maximum absolute atomic E-state index is 13.6. The topological polar surface area (TPSA) is 139 Å². The van der Waals surface area contributed by atoms with Gasteiger partial charge in [-0.1, -0.05) is 12.1 Å². The molecule has 0 unspecified atom stereocenters. The maximum Gasteiger partial charge on any atom is 0.234 e. The molecule has 0 radical (unpaired) electrons. The van der Waals surface area contributed by atoms with Crippen LogP contribution in [0.25, 0.3) is 39.5 Å². The molecule has 232 valence electrons. The summed E-state index contributed by atoms with van der Waals surface area (Å²) in [5.41, 5.74) is 12.2. The van der Waals surface area contributed by atoms with Crippen molar-refractivity contribution in [3.63, 3.8) is 0 Å². The first-order chi connectivity index (χ1) is 23.0. The van der Waals surface area contributed by atoms with Crippen molar-refractivity contribution in [2.45, 2.75) is 19.4 Å². The van der Waals surface area contributed by atoms with Crippen molar-refractivity contribution in [3.8, 4) is 34.5 Å². The van der Waals surface area contributed by atoms with Crippen LogP contribution >= 0.6 is 0 Å². The Kier molecular flexibility index (Phi) is 7.03. The molecule has 2 fully saturated rings. The third-order valence-electron chi connectivity index (χ3n) is 9.22. The van der Waals surface area contributed by atoms with E-state index in [0.29, 0.717) is 34.0 Å². The quantitative estimate of drug-likeness (QED) is 0.269. The number of benzene rings is 1. The van der Waals surface area contributed by atoms with Gasteiger partial charge in [0.2, 0.25) is 5.82 Å². The molecule has 6 aromatic rings. The van der Waals surface area contributed by atoms with Crippen LogP contribution in [0.3, 0.4) is 0 Å². The number of anilines is 2. The summed E-state index contributed by atoms with van der Waals surface area (Å²) in [6.45, 7) is 4.88. The molecule has 47 heavy (non-hydrogen) atoms. The Balaban J connectivity index is 1.02. The Labute approximate surface area is 270 Å². The van der Waals surface area contributed by atoms with Crippen LogP contribution in [0.5, 0.6) is 0 Å². The number of halogens is 1. The largest absolute Gasteiger partial charge is 0.383 e. The number of aromatic nitrogens is 7. The standard InChI is InChI=1S/C35H30FN11/c36-24-5-8-27(41-18-24)28-16-30-29(19-42-28)43-34(26-2-1-12-40-33(26)38)47(30)25-6-3-23(4-7-25)20-45-21-35(22-45)10-14-46(15-11-35)32-9-13-39-31(17-37)44-32/h1-9,12-13,16,18-19H,10-11,14-15,20-22H2,(H2,38,40). The highest BCUT2D eigenvalue weighted by atomic mass is 19.1. The average Bonchev–Trinajstić information content (AvgIpc) is 3.47. The van der Waals surface area contributed by atoms with Gasteiger partial charge in [-0.25, -0.2) is 24.3 Å². The number of hydrogen-bond acceptors (Lipinski definition) is 10. The molecule has 2 aliphatic rings. The van der Waals surface area contributed by atoms with Crippen LogP contribution in [-0.4, -0.2) is 65.5 Å². The van der Waals surface area contributed by atoms with Crippen LogP contribution in [-0.2, 0) is 6.54 Å². The molecule has 0 atom stereocenters. The molecule has 8 rings (SSSR count). The number of likely N-dealkylation sites (tertiary alicyclic amines) is 1. The van der Waals surface area contributed by atoms with E-state index in [1.807, 2.05) is 30.3 Å². The summed E-state index contributed by atoms with van der Waals surface area (Å²) in [6, 6.07) is 21.1. The number of nitriles is 1. The Morgan fingerprint density at radius 1 is 0.872 bits per heavy atom. The lowest BCUT2D eigenvalue weighted by Gasteiger charge is -2.54. The summed E-state index contributed by atoms with van der Waals surface area (Å²) in [7, 11) is 0. The first-order valence-corrected chi connectivity index (χ1v) is 15.5. The van der Waals surface area contributed by atoms with Crippen LogP contribution in [0.2, 0.25) is 0 Å². The van der Waals surface area contributed by atoms with E-state index >= 15 is 0 Å². The Morgan fingerprint density at radius 2 is 1.68 bits per heavy atom. The number of pyridine rings is 3. The molecule has 2 aliphatic heterocycles. The van der Waals surface area contributed by atoms with Gasteiger partial charge in [0.15, 0.2) is 0 Å². The number of piperidine rings is 1. The number of nitrogens with two attached hydrogens (primary N) is 1. The predicted octanol–water partition coefficient (Wildman–Crippen LogP) is 5.03. The van der Waals surface area contributed by atoms with E-state index in [1.54, 1.807) is 24.7 Å². The summed E-state index contributed by atoms with van der Waals surface area (Å²) in [5, 5.41) is 9.15. The summed E-state index contributed by atoms with van der Waals surface area (Å²) in [6.07, 6.45) is 8.42. The van der Waals surface area contributed by atoms with Crippen molar-refractivity contribution >= 4 is 22.7 Å². The van der Waals surface area contributed by atoms with Crippen molar-refractivity contribution in [2.24, 2.45) is 5.41 Å². The van der Waals surface area contributed by atoms with Gasteiger partial charge in [-0.3, -0.25) is 19.4 Å². The molecule has 12 heteroatoms. The zero-order chi connectivity index (χ0) is 32.0. The van der Waals surface area contributed by atoms with E-state index in [1.165, 1.54) is 17.8 Å². The number of imidazole rings is 1. The molecule has 0 bridgehead atoms. The van der Waals surface area contributed by atoms with E-state index in [4.69, 9.17) is 16.0 Å².